The van der Waals surface area contributed by atoms with E-state index in [1.54, 1.807) is 12.1 Å². The van der Waals surface area contributed by atoms with Gasteiger partial charge < -0.3 is 0 Å². The first-order chi connectivity index (χ1) is 11.8. The quantitative estimate of drug-likeness (QED) is 0.824. The fraction of sp³-hybridized carbons (Fsp3) is 0.316. The molecule has 1 fully saturated rings. The molecule has 2 aromatic rings. The minimum absolute atomic E-state index is 0.0288. The number of carbonyl (C=O) groups excluding carboxylic acids is 1. The molecule has 3 nitrogen and oxygen atoms in total. The predicted molar refractivity (Wildman–Crippen MR) is 89.9 cm³/mol. The molecule has 1 saturated carbocycles. The van der Waals surface area contributed by atoms with Crippen LogP contribution in [0.1, 0.15) is 36.8 Å². The summed E-state index contributed by atoms with van der Waals surface area (Å²) in [5.74, 6) is -1.54. The molecule has 0 unspecified atom stereocenters. The Kier molecular flexibility index (Phi) is 4.49. The van der Waals surface area contributed by atoms with Crippen molar-refractivity contribution in [3.63, 3.8) is 0 Å². The molecule has 0 amide bonds. The molecule has 132 valence electrons. The molecule has 25 heavy (non-hydrogen) atoms. The van der Waals surface area contributed by atoms with Gasteiger partial charge in [0.2, 0.25) is 0 Å². The Labute approximate surface area is 145 Å². The lowest BCUT2D eigenvalue weighted by atomic mass is 9.82. The average Bonchev–Trinajstić information content (AvgIpc) is 2.58. The highest BCUT2D eigenvalue weighted by Crippen LogP contribution is 2.47. The number of ketones is 1. The van der Waals surface area contributed by atoms with Gasteiger partial charge in [0.05, 0.1) is 4.90 Å². The zero-order chi connectivity index (χ0) is 18.2. The second kappa shape index (κ2) is 6.33. The highest BCUT2D eigenvalue weighted by molar-refractivity contribution is 7.92. The van der Waals surface area contributed by atoms with E-state index in [0.29, 0.717) is 0 Å². The molecule has 0 atom stereocenters. The highest BCUT2D eigenvalue weighted by Gasteiger charge is 2.49. The normalized spacial score (nSPS) is 17.5. The van der Waals surface area contributed by atoms with Crippen molar-refractivity contribution in [3.05, 3.63) is 65.2 Å². The molecule has 0 aliphatic heterocycles. The minimum atomic E-state index is -4.02. The van der Waals surface area contributed by atoms with Gasteiger partial charge in [-0.3, -0.25) is 4.79 Å². The van der Waals surface area contributed by atoms with Crippen LogP contribution in [0.3, 0.4) is 0 Å². The molecule has 2 aromatic carbocycles. The number of hydrogen-bond acceptors (Lipinski definition) is 3. The third-order valence-electron chi connectivity index (χ3n) is 4.88. The van der Waals surface area contributed by atoms with E-state index >= 15 is 0 Å². The van der Waals surface area contributed by atoms with Gasteiger partial charge >= 0.3 is 0 Å². The number of rotatable bonds is 3. The molecular formula is C19H18F2O3S. The summed E-state index contributed by atoms with van der Waals surface area (Å²) in [6.07, 6.45) is -0.0487. The second-order valence-corrected chi connectivity index (χ2v) is 8.73. The van der Waals surface area contributed by atoms with E-state index < -0.39 is 26.2 Å². The molecule has 0 aromatic heterocycles. The standard InChI is InChI=1S/C19H18F2O3S/c1-13-2-5-16(6-3-13)25(23,24)19(10-8-15(22)9-11-19)17-12-14(20)4-7-18(17)21/h2-7,12H,8-11H2,1H3. The van der Waals surface area contributed by atoms with Gasteiger partial charge in [-0.05, 0) is 50.1 Å². The molecule has 0 N–H and O–H groups in total. The van der Waals surface area contributed by atoms with Gasteiger partial charge in [-0.2, -0.15) is 0 Å². The maximum atomic E-state index is 14.5. The molecular weight excluding hydrogens is 346 g/mol. The van der Waals surface area contributed by atoms with Crippen LogP contribution in [0.15, 0.2) is 47.4 Å². The third kappa shape index (κ3) is 2.99. The van der Waals surface area contributed by atoms with E-state index in [9.17, 15) is 22.0 Å². The van der Waals surface area contributed by atoms with Crippen LogP contribution in [0.5, 0.6) is 0 Å². The Bertz CT molecular complexity index is 908. The van der Waals surface area contributed by atoms with Gasteiger partial charge in [0.1, 0.15) is 22.2 Å². The zero-order valence-corrected chi connectivity index (χ0v) is 14.6. The molecule has 0 bridgehead atoms. The van der Waals surface area contributed by atoms with Gasteiger partial charge in [-0.15, -0.1) is 0 Å². The molecule has 1 aliphatic carbocycles. The Morgan fingerprint density at radius 2 is 1.56 bits per heavy atom. The monoisotopic (exact) mass is 364 g/mol. The van der Waals surface area contributed by atoms with Crippen molar-refractivity contribution in [2.75, 3.05) is 0 Å². The van der Waals surface area contributed by atoms with E-state index in [1.165, 1.54) is 12.1 Å². The van der Waals surface area contributed by atoms with Crippen molar-refractivity contribution in [2.45, 2.75) is 42.2 Å². The topological polar surface area (TPSA) is 51.2 Å². The minimum Gasteiger partial charge on any atom is -0.300 e. The maximum absolute atomic E-state index is 14.5. The molecule has 0 spiro atoms. The van der Waals surface area contributed by atoms with Crippen LogP contribution in [0.25, 0.3) is 0 Å². The molecule has 6 heteroatoms. The number of sulfone groups is 1. The summed E-state index contributed by atoms with van der Waals surface area (Å²) < 4.78 is 53.4. The van der Waals surface area contributed by atoms with Crippen LogP contribution >= 0.6 is 0 Å². The molecule has 3 rings (SSSR count). The molecule has 1 aliphatic rings. The SMILES string of the molecule is Cc1ccc(S(=O)(=O)C2(c3cc(F)ccc3F)CCC(=O)CC2)cc1. The Morgan fingerprint density at radius 1 is 0.960 bits per heavy atom. The lowest BCUT2D eigenvalue weighted by Gasteiger charge is -2.37. The number of halogens is 2. The van der Waals surface area contributed by atoms with Crippen molar-refractivity contribution in [1.82, 2.24) is 0 Å². The van der Waals surface area contributed by atoms with Gasteiger partial charge in [-0.1, -0.05) is 17.7 Å². The van der Waals surface area contributed by atoms with Gasteiger partial charge in [0, 0.05) is 18.4 Å². The van der Waals surface area contributed by atoms with Crippen LogP contribution in [0.2, 0.25) is 0 Å². The smallest absolute Gasteiger partial charge is 0.188 e. The number of Topliss-reactive ketones (excluding diaryl/α,β-unsaturated/α-hetero) is 1. The first-order valence-corrected chi connectivity index (χ1v) is 9.53. The van der Waals surface area contributed by atoms with E-state index in [1.807, 2.05) is 6.92 Å². The number of aryl methyl sites for hydroxylation is 1. The molecule has 0 radical (unpaired) electrons. The van der Waals surface area contributed by atoms with Gasteiger partial charge in [-0.25, -0.2) is 17.2 Å². The first-order valence-electron chi connectivity index (χ1n) is 8.05. The van der Waals surface area contributed by atoms with E-state index in [-0.39, 0.29) is 41.9 Å². The summed E-state index contributed by atoms with van der Waals surface area (Å²) in [4.78, 5) is 11.7. The summed E-state index contributed by atoms with van der Waals surface area (Å²) in [6, 6.07) is 9.11. The Balaban J connectivity index is 2.23. The predicted octanol–water partition coefficient (Wildman–Crippen LogP) is 4.09. The van der Waals surface area contributed by atoms with Crippen LogP contribution in [-0.2, 0) is 19.4 Å². The number of hydrogen-bond donors (Lipinski definition) is 0. The summed E-state index contributed by atoms with van der Waals surface area (Å²) in [7, 11) is -4.02. The number of benzene rings is 2. The van der Waals surface area contributed by atoms with Crippen molar-refractivity contribution >= 4 is 15.6 Å². The van der Waals surface area contributed by atoms with Crippen molar-refractivity contribution in [1.29, 1.82) is 0 Å². The average molecular weight is 364 g/mol. The van der Waals surface area contributed by atoms with E-state index in [4.69, 9.17) is 0 Å². The fourth-order valence-electron chi connectivity index (χ4n) is 3.41. The van der Waals surface area contributed by atoms with Crippen molar-refractivity contribution < 1.29 is 22.0 Å². The first kappa shape index (κ1) is 17.7. The summed E-state index contributed by atoms with van der Waals surface area (Å²) in [6.45, 7) is 1.83. The largest absolute Gasteiger partial charge is 0.300 e. The lowest BCUT2D eigenvalue weighted by Crippen LogP contribution is -2.40. The highest BCUT2D eigenvalue weighted by atomic mass is 32.2. The Hall–Kier alpha value is -2.08. The van der Waals surface area contributed by atoms with Gasteiger partial charge in [0.15, 0.2) is 9.84 Å². The zero-order valence-electron chi connectivity index (χ0n) is 13.8. The van der Waals surface area contributed by atoms with E-state index in [0.717, 1.165) is 23.8 Å². The fourth-order valence-corrected chi connectivity index (χ4v) is 5.54. The summed E-state index contributed by atoms with van der Waals surface area (Å²) in [5, 5.41) is 0. The van der Waals surface area contributed by atoms with Crippen LogP contribution in [0, 0.1) is 18.6 Å². The van der Waals surface area contributed by atoms with Crippen molar-refractivity contribution in [2.24, 2.45) is 0 Å². The van der Waals surface area contributed by atoms with Crippen LogP contribution in [0.4, 0.5) is 8.78 Å². The van der Waals surface area contributed by atoms with Crippen molar-refractivity contribution in [3.8, 4) is 0 Å². The van der Waals surface area contributed by atoms with Crippen LogP contribution < -0.4 is 0 Å². The maximum Gasteiger partial charge on any atom is 0.188 e. The second-order valence-electron chi connectivity index (χ2n) is 6.47. The van der Waals surface area contributed by atoms with Gasteiger partial charge in [0.25, 0.3) is 0 Å². The third-order valence-corrected chi connectivity index (χ3v) is 7.43. The molecule has 0 saturated heterocycles. The summed E-state index contributed by atoms with van der Waals surface area (Å²) >= 11 is 0. The Morgan fingerprint density at radius 3 is 2.16 bits per heavy atom. The van der Waals surface area contributed by atoms with E-state index in [2.05, 4.69) is 0 Å². The summed E-state index contributed by atoms with van der Waals surface area (Å²) in [5.41, 5.74) is 0.698. The number of carbonyl (C=O) groups is 1. The molecule has 0 heterocycles. The van der Waals surface area contributed by atoms with Crippen LogP contribution in [-0.4, -0.2) is 14.2 Å². The lowest BCUT2D eigenvalue weighted by molar-refractivity contribution is -0.120.